The molecule has 1 aliphatic heterocycles. The van der Waals surface area contributed by atoms with Crippen molar-refractivity contribution in [2.75, 3.05) is 13.1 Å². The summed E-state index contributed by atoms with van der Waals surface area (Å²) >= 11 is 3.31. The minimum atomic E-state index is -3.59. The van der Waals surface area contributed by atoms with Crippen molar-refractivity contribution in [1.82, 2.24) is 4.31 Å². The number of piperidine rings is 1. The molecule has 0 radical (unpaired) electrons. The van der Waals surface area contributed by atoms with E-state index in [9.17, 15) is 13.5 Å². The zero-order chi connectivity index (χ0) is 17.3. The summed E-state index contributed by atoms with van der Waals surface area (Å²) in [5.74, 6) is 0.387. The molecule has 0 saturated carbocycles. The largest absolute Gasteiger partial charge is 0.508 e. The van der Waals surface area contributed by atoms with Crippen LogP contribution in [-0.4, -0.2) is 30.9 Å². The Morgan fingerprint density at radius 1 is 1.12 bits per heavy atom. The molecule has 1 N–H and O–H groups in total. The Morgan fingerprint density at radius 3 is 2.33 bits per heavy atom. The van der Waals surface area contributed by atoms with Gasteiger partial charge in [0.25, 0.3) is 0 Å². The second-order valence-corrected chi connectivity index (χ2v) is 8.93. The maximum absolute atomic E-state index is 12.8. The molecule has 1 fully saturated rings. The molecule has 0 bridgehead atoms. The molecule has 0 aromatic heterocycles. The van der Waals surface area contributed by atoms with Crippen LogP contribution in [0.5, 0.6) is 5.75 Å². The molecule has 0 amide bonds. The summed E-state index contributed by atoms with van der Waals surface area (Å²) in [5.41, 5.74) is 1.90. The number of sulfonamides is 1. The first-order valence-electron chi connectivity index (χ1n) is 7.94. The summed E-state index contributed by atoms with van der Waals surface area (Å²) in [5, 5.41) is 9.92. The van der Waals surface area contributed by atoms with Crippen molar-refractivity contribution < 1.29 is 13.5 Å². The van der Waals surface area contributed by atoms with Gasteiger partial charge in [-0.05, 0) is 37.3 Å². The predicted octanol–water partition coefficient (Wildman–Crippen LogP) is 4.03. The molecule has 2 aromatic rings. The third kappa shape index (κ3) is 3.36. The lowest BCUT2D eigenvalue weighted by atomic mass is 9.90. The van der Waals surface area contributed by atoms with Gasteiger partial charge in [0.05, 0.1) is 4.90 Å². The number of nitrogens with zero attached hydrogens (tertiary/aromatic N) is 1. The van der Waals surface area contributed by atoms with Crippen molar-refractivity contribution in [2.24, 2.45) is 0 Å². The molecular weight excluding hydrogens is 390 g/mol. The van der Waals surface area contributed by atoms with E-state index in [1.165, 1.54) is 15.9 Å². The van der Waals surface area contributed by atoms with Crippen LogP contribution < -0.4 is 0 Å². The second kappa shape index (κ2) is 6.86. The van der Waals surface area contributed by atoms with Crippen LogP contribution in [-0.2, 0) is 10.0 Å². The van der Waals surface area contributed by atoms with Crippen molar-refractivity contribution >= 4 is 26.0 Å². The van der Waals surface area contributed by atoms with E-state index in [4.69, 9.17) is 0 Å². The Bertz CT molecular complexity index is 806. The highest BCUT2D eigenvalue weighted by Crippen LogP contribution is 2.33. The number of aromatic hydroxyl groups is 1. The van der Waals surface area contributed by atoms with Gasteiger partial charge in [0, 0.05) is 29.2 Å². The summed E-state index contributed by atoms with van der Waals surface area (Å²) in [6, 6.07) is 13.1. The fourth-order valence-corrected chi connectivity index (χ4v) is 5.21. The van der Waals surface area contributed by atoms with Crippen molar-refractivity contribution in [2.45, 2.75) is 30.6 Å². The van der Waals surface area contributed by atoms with Gasteiger partial charge in [-0.2, -0.15) is 4.31 Å². The van der Waals surface area contributed by atoms with Gasteiger partial charge in [-0.1, -0.05) is 46.3 Å². The smallest absolute Gasteiger partial charge is 0.243 e. The molecule has 1 saturated heterocycles. The Balaban J connectivity index is 1.78. The zero-order valence-corrected chi connectivity index (χ0v) is 15.8. The van der Waals surface area contributed by atoms with Gasteiger partial charge in [0.2, 0.25) is 10.0 Å². The lowest BCUT2D eigenvalue weighted by molar-refractivity contribution is 0.319. The number of phenols is 1. The van der Waals surface area contributed by atoms with Crippen LogP contribution in [0.1, 0.15) is 29.9 Å². The topological polar surface area (TPSA) is 57.6 Å². The van der Waals surface area contributed by atoms with Crippen molar-refractivity contribution in [3.63, 3.8) is 0 Å². The van der Waals surface area contributed by atoms with Crippen molar-refractivity contribution in [3.8, 4) is 5.75 Å². The molecule has 24 heavy (non-hydrogen) atoms. The van der Waals surface area contributed by atoms with Gasteiger partial charge >= 0.3 is 0 Å². The van der Waals surface area contributed by atoms with Crippen LogP contribution in [0.4, 0.5) is 0 Å². The minimum absolute atomic E-state index is 0.0119. The third-order valence-corrected chi connectivity index (χ3v) is 7.35. The van der Waals surface area contributed by atoms with E-state index >= 15 is 0 Å². The van der Waals surface area contributed by atoms with Crippen LogP contribution in [0.25, 0.3) is 0 Å². The SMILES string of the molecule is Cc1c(O)cc(S(=O)(=O)N2CCC(c3ccccc3)CC2)cc1Br. The van der Waals surface area contributed by atoms with Crippen LogP contribution in [0, 0.1) is 6.92 Å². The molecule has 0 aliphatic carbocycles. The monoisotopic (exact) mass is 409 g/mol. The molecule has 3 rings (SSSR count). The summed E-state index contributed by atoms with van der Waals surface area (Å²) < 4.78 is 27.8. The van der Waals surface area contributed by atoms with Gasteiger partial charge in [0.1, 0.15) is 5.75 Å². The molecule has 2 aromatic carbocycles. The summed E-state index contributed by atoms with van der Waals surface area (Å²) in [7, 11) is -3.59. The molecular formula is C18H20BrNO3S. The molecule has 0 atom stereocenters. The fraction of sp³-hybridized carbons (Fsp3) is 0.333. The Hall–Kier alpha value is -1.37. The van der Waals surface area contributed by atoms with E-state index < -0.39 is 10.0 Å². The van der Waals surface area contributed by atoms with Crippen molar-refractivity contribution in [3.05, 3.63) is 58.1 Å². The molecule has 6 heteroatoms. The molecule has 4 nitrogen and oxygen atoms in total. The van der Waals surface area contributed by atoms with Gasteiger partial charge < -0.3 is 5.11 Å². The minimum Gasteiger partial charge on any atom is -0.508 e. The van der Waals surface area contributed by atoms with Gasteiger partial charge in [-0.3, -0.25) is 0 Å². The lowest BCUT2D eigenvalue weighted by Crippen LogP contribution is -2.37. The van der Waals surface area contributed by atoms with Crippen LogP contribution >= 0.6 is 15.9 Å². The number of phenolic OH excluding ortho intramolecular Hbond substituents is 1. The van der Waals surface area contributed by atoms with Gasteiger partial charge in [0.15, 0.2) is 0 Å². The highest BCUT2D eigenvalue weighted by molar-refractivity contribution is 9.10. The first-order valence-corrected chi connectivity index (χ1v) is 10.2. The average molecular weight is 410 g/mol. The Kier molecular flexibility index (Phi) is 4.99. The van der Waals surface area contributed by atoms with E-state index in [1.54, 1.807) is 13.0 Å². The van der Waals surface area contributed by atoms with E-state index in [0.29, 0.717) is 29.0 Å². The normalized spacial score (nSPS) is 17.1. The molecule has 0 spiro atoms. The maximum atomic E-state index is 12.8. The summed E-state index contributed by atoms with van der Waals surface area (Å²) in [6.07, 6.45) is 1.62. The van der Waals surface area contributed by atoms with E-state index in [0.717, 1.165) is 12.8 Å². The summed E-state index contributed by atoms with van der Waals surface area (Å²) in [6.45, 7) is 2.73. The van der Waals surface area contributed by atoms with E-state index in [1.807, 2.05) is 18.2 Å². The number of hydrogen-bond donors (Lipinski definition) is 1. The molecule has 1 aliphatic rings. The molecule has 1 heterocycles. The predicted molar refractivity (Wildman–Crippen MR) is 97.7 cm³/mol. The number of halogens is 1. The van der Waals surface area contributed by atoms with Crippen molar-refractivity contribution in [1.29, 1.82) is 0 Å². The first-order chi connectivity index (χ1) is 11.4. The quantitative estimate of drug-likeness (QED) is 0.831. The number of benzene rings is 2. The number of rotatable bonds is 3. The summed E-state index contributed by atoms with van der Waals surface area (Å²) in [4.78, 5) is 0.135. The third-order valence-electron chi connectivity index (χ3n) is 4.65. The average Bonchev–Trinajstić information content (AvgIpc) is 2.60. The van der Waals surface area contributed by atoms with Crippen LogP contribution in [0.3, 0.4) is 0 Å². The highest BCUT2D eigenvalue weighted by atomic mass is 79.9. The van der Waals surface area contributed by atoms with Gasteiger partial charge in [-0.15, -0.1) is 0 Å². The lowest BCUT2D eigenvalue weighted by Gasteiger charge is -2.31. The molecule has 128 valence electrons. The highest BCUT2D eigenvalue weighted by Gasteiger charge is 2.30. The maximum Gasteiger partial charge on any atom is 0.243 e. The van der Waals surface area contributed by atoms with Gasteiger partial charge in [-0.25, -0.2) is 8.42 Å². The van der Waals surface area contributed by atoms with E-state index in [2.05, 4.69) is 28.1 Å². The van der Waals surface area contributed by atoms with Crippen LogP contribution in [0.2, 0.25) is 0 Å². The fourth-order valence-electron chi connectivity index (χ4n) is 3.09. The van der Waals surface area contributed by atoms with Crippen LogP contribution in [0.15, 0.2) is 51.8 Å². The second-order valence-electron chi connectivity index (χ2n) is 6.14. The first kappa shape index (κ1) is 17.5. The zero-order valence-electron chi connectivity index (χ0n) is 13.4. The number of hydrogen-bond acceptors (Lipinski definition) is 3. The standard InChI is InChI=1S/C18H20BrNO3S/c1-13-17(19)11-16(12-18(13)21)24(22,23)20-9-7-15(8-10-20)14-5-3-2-4-6-14/h2-6,11-12,15,21H,7-10H2,1H3. The molecule has 0 unspecified atom stereocenters. The Morgan fingerprint density at radius 2 is 1.75 bits per heavy atom. The van der Waals surface area contributed by atoms with E-state index in [-0.39, 0.29) is 10.6 Å². The Labute approximate surface area is 151 Å².